The largest absolute Gasteiger partial charge is 0.480 e. The van der Waals surface area contributed by atoms with Crippen LogP contribution in [-0.4, -0.2) is 76.9 Å². The standard InChI is InChI=1S/C26H32N4O5/c1-29(17-23(31)28-21(26(34)35)16-19-11-6-3-7-12-19)25(33)22-13-8-14-30(22)24(32)20(27)15-18-9-4-2-5-10-18/h2-7,9-12,20-22H,8,13-17,27H2,1H3,(H,28,31)(H,34,35)/t20-,21+,22+/m1/s1. The first-order valence-corrected chi connectivity index (χ1v) is 11.7. The average molecular weight is 481 g/mol. The summed E-state index contributed by atoms with van der Waals surface area (Å²) in [4.78, 5) is 53.0. The number of carboxylic acids is 1. The highest BCUT2D eigenvalue weighted by atomic mass is 16.4. The Hall–Kier alpha value is -3.72. The van der Waals surface area contributed by atoms with Crippen molar-refractivity contribution in [3.05, 3.63) is 71.8 Å². The van der Waals surface area contributed by atoms with Gasteiger partial charge >= 0.3 is 5.97 Å². The molecule has 0 spiro atoms. The van der Waals surface area contributed by atoms with E-state index in [0.29, 0.717) is 25.8 Å². The Morgan fingerprint density at radius 3 is 2.17 bits per heavy atom. The van der Waals surface area contributed by atoms with E-state index < -0.39 is 30.0 Å². The molecular formula is C26H32N4O5. The Morgan fingerprint density at radius 2 is 1.60 bits per heavy atom. The number of carboxylic acid groups (broad SMARTS) is 1. The van der Waals surface area contributed by atoms with Gasteiger partial charge in [0, 0.05) is 20.0 Å². The molecule has 0 saturated carbocycles. The normalized spacial score (nSPS) is 16.9. The number of hydrogen-bond donors (Lipinski definition) is 3. The third kappa shape index (κ3) is 7.13. The van der Waals surface area contributed by atoms with Gasteiger partial charge in [-0.3, -0.25) is 14.4 Å². The van der Waals surface area contributed by atoms with Crippen LogP contribution in [0, 0.1) is 0 Å². The zero-order valence-corrected chi connectivity index (χ0v) is 19.8. The van der Waals surface area contributed by atoms with Gasteiger partial charge < -0.3 is 26.0 Å². The van der Waals surface area contributed by atoms with Crippen molar-refractivity contribution < 1.29 is 24.3 Å². The van der Waals surface area contributed by atoms with Crippen molar-refractivity contribution in [2.24, 2.45) is 5.73 Å². The Labute approximate surface area is 204 Å². The number of nitrogens with one attached hydrogen (secondary N) is 1. The first-order valence-electron chi connectivity index (χ1n) is 11.7. The van der Waals surface area contributed by atoms with Crippen molar-refractivity contribution in [2.45, 2.75) is 43.8 Å². The summed E-state index contributed by atoms with van der Waals surface area (Å²) in [6.45, 7) is 0.113. The molecule has 9 nitrogen and oxygen atoms in total. The minimum atomic E-state index is -1.16. The van der Waals surface area contributed by atoms with Crippen LogP contribution in [0.25, 0.3) is 0 Å². The second-order valence-corrected chi connectivity index (χ2v) is 8.83. The smallest absolute Gasteiger partial charge is 0.326 e. The molecular weight excluding hydrogens is 448 g/mol. The van der Waals surface area contributed by atoms with Crippen LogP contribution in [0.15, 0.2) is 60.7 Å². The fraction of sp³-hybridized carbons (Fsp3) is 0.385. The molecule has 0 unspecified atom stereocenters. The van der Waals surface area contributed by atoms with Gasteiger partial charge in [0.05, 0.1) is 12.6 Å². The number of amides is 3. The Kier molecular flexibility index (Phi) is 8.97. The van der Waals surface area contributed by atoms with Crippen LogP contribution in [-0.2, 0) is 32.0 Å². The molecule has 1 aliphatic rings. The first-order chi connectivity index (χ1) is 16.8. The third-order valence-corrected chi connectivity index (χ3v) is 6.11. The van der Waals surface area contributed by atoms with Crippen molar-refractivity contribution in [2.75, 3.05) is 20.1 Å². The van der Waals surface area contributed by atoms with Gasteiger partial charge in [-0.05, 0) is 30.4 Å². The van der Waals surface area contributed by atoms with E-state index in [1.54, 1.807) is 24.3 Å². The molecule has 4 N–H and O–H groups in total. The van der Waals surface area contributed by atoms with Crippen molar-refractivity contribution in [1.82, 2.24) is 15.1 Å². The molecule has 186 valence electrons. The SMILES string of the molecule is CN(CC(=O)N[C@@H](Cc1ccccc1)C(=O)O)C(=O)[C@@H]1CCCN1C(=O)[C@H](N)Cc1ccccc1. The topological polar surface area (TPSA) is 133 Å². The van der Waals surface area contributed by atoms with E-state index in [-0.39, 0.29) is 24.8 Å². The van der Waals surface area contributed by atoms with Crippen LogP contribution in [0.3, 0.4) is 0 Å². The zero-order valence-electron chi connectivity index (χ0n) is 19.8. The molecule has 0 aliphatic carbocycles. The highest BCUT2D eigenvalue weighted by molar-refractivity contribution is 5.93. The number of rotatable bonds is 10. The number of likely N-dealkylation sites (N-methyl/N-ethyl adjacent to an activating group) is 1. The lowest BCUT2D eigenvalue weighted by Crippen LogP contribution is -2.53. The monoisotopic (exact) mass is 480 g/mol. The van der Waals surface area contributed by atoms with Gasteiger partial charge in [0.25, 0.3) is 0 Å². The number of carbonyl (C=O) groups is 4. The fourth-order valence-electron chi connectivity index (χ4n) is 4.29. The van der Waals surface area contributed by atoms with E-state index in [1.165, 1.54) is 16.8 Å². The first kappa shape index (κ1) is 25.9. The molecule has 9 heteroatoms. The van der Waals surface area contributed by atoms with Gasteiger partial charge in [-0.25, -0.2) is 4.79 Å². The summed E-state index contributed by atoms with van der Waals surface area (Å²) in [5.74, 6) is -2.40. The van der Waals surface area contributed by atoms with Gasteiger partial charge in [0.15, 0.2) is 0 Å². The summed E-state index contributed by atoms with van der Waals surface area (Å²) in [5, 5.41) is 12.0. The van der Waals surface area contributed by atoms with E-state index in [1.807, 2.05) is 36.4 Å². The van der Waals surface area contributed by atoms with Crippen molar-refractivity contribution in [3.8, 4) is 0 Å². The average Bonchev–Trinajstić information content (AvgIpc) is 3.33. The molecule has 1 heterocycles. The molecule has 0 aromatic heterocycles. The predicted molar refractivity (Wildman–Crippen MR) is 130 cm³/mol. The van der Waals surface area contributed by atoms with E-state index in [2.05, 4.69) is 5.32 Å². The molecule has 0 radical (unpaired) electrons. The quantitative estimate of drug-likeness (QED) is 0.461. The van der Waals surface area contributed by atoms with Gasteiger partial charge in [-0.15, -0.1) is 0 Å². The molecule has 1 aliphatic heterocycles. The highest BCUT2D eigenvalue weighted by Gasteiger charge is 2.38. The van der Waals surface area contributed by atoms with Crippen molar-refractivity contribution in [1.29, 1.82) is 0 Å². The van der Waals surface area contributed by atoms with Crippen LogP contribution in [0.2, 0.25) is 0 Å². The van der Waals surface area contributed by atoms with Gasteiger partial charge in [0.2, 0.25) is 17.7 Å². The van der Waals surface area contributed by atoms with Gasteiger partial charge in [-0.2, -0.15) is 0 Å². The number of benzene rings is 2. The molecule has 2 aromatic carbocycles. The van der Waals surface area contributed by atoms with E-state index >= 15 is 0 Å². The van der Waals surface area contributed by atoms with Crippen LogP contribution >= 0.6 is 0 Å². The van der Waals surface area contributed by atoms with Gasteiger partial charge in [0.1, 0.15) is 12.1 Å². The lowest BCUT2D eigenvalue weighted by Gasteiger charge is -2.29. The number of nitrogens with zero attached hydrogens (tertiary/aromatic N) is 2. The van der Waals surface area contributed by atoms with Crippen molar-refractivity contribution in [3.63, 3.8) is 0 Å². The number of likely N-dealkylation sites (tertiary alicyclic amines) is 1. The van der Waals surface area contributed by atoms with E-state index in [4.69, 9.17) is 5.73 Å². The number of nitrogens with two attached hydrogens (primary N) is 1. The third-order valence-electron chi connectivity index (χ3n) is 6.11. The van der Waals surface area contributed by atoms with Crippen molar-refractivity contribution >= 4 is 23.7 Å². The number of aliphatic carboxylic acids is 1. The summed E-state index contributed by atoms with van der Waals surface area (Å²) in [7, 11) is 1.47. The minimum absolute atomic E-state index is 0.129. The summed E-state index contributed by atoms with van der Waals surface area (Å²) < 4.78 is 0. The highest BCUT2D eigenvalue weighted by Crippen LogP contribution is 2.20. The molecule has 35 heavy (non-hydrogen) atoms. The Balaban J connectivity index is 1.56. The second kappa shape index (κ2) is 12.1. The molecule has 1 fully saturated rings. The summed E-state index contributed by atoms with van der Waals surface area (Å²) in [5.41, 5.74) is 7.87. The maximum absolute atomic E-state index is 13.1. The number of carbonyl (C=O) groups excluding carboxylic acids is 3. The molecule has 3 rings (SSSR count). The zero-order chi connectivity index (χ0) is 25.4. The van der Waals surface area contributed by atoms with Crippen LogP contribution < -0.4 is 11.1 Å². The molecule has 3 atom stereocenters. The lowest BCUT2D eigenvalue weighted by molar-refractivity contribution is -0.145. The maximum atomic E-state index is 13.1. The second-order valence-electron chi connectivity index (χ2n) is 8.83. The maximum Gasteiger partial charge on any atom is 0.326 e. The Morgan fingerprint density at radius 1 is 1.03 bits per heavy atom. The minimum Gasteiger partial charge on any atom is -0.480 e. The lowest BCUT2D eigenvalue weighted by atomic mass is 10.0. The number of hydrogen-bond acceptors (Lipinski definition) is 5. The summed E-state index contributed by atoms with van der Waals surface area (Å²) in [6.07, 6.45) is 1.65. The summed E-state index contributed by atoms with van der Waals surface area (Å²) >= 11 is 0. The molecule has 3 amide bonds. The van der Waals surface area contributed by atoms with E-state index in [0.717, 1.165) is 11.1 Å². The Bertz CT molecular complexity index is 1030. The van der Waals surface area contributed by atoms with Crippen LogP contribution in [0.4, 0.5) is 0 Å². The molecule has 0 bridgehead atoms. The molecule has 1 saturated heterocycles. The van der Waals surface area contributed by atoms with E-state index in [9.17, 15) is 24.3 Å². The summed E-state index contributed by atoms with van der Waals surface area (Å²) in [6, 6.07) is 15.8. The fourth-order valence-corrected chi connectivity index (χ4v) is 4.29. The van der Waals surface area contributed by atoms with Gasteiger partial charge in [-0.1, -0.05) is 60.7 Å². The predicted octanol–water partition coefficient (Wildman–Crippen LogP) is 0.818. The van der Waals surface area contributed by atoms with Crippen LogP contribution in [0.5, 0.6) is 0 Å². The van der Waals surface area contributed by atoms with Crippen LogP contribution in [0.1, 0.15) is 24.0 Å². The molecule has 2 aromatic rings.